The van der Waals surface area contributed by atoms with Crippen molar-refractivity contribution in [2.24, 2.45) is 0 Å². The molecule has 2 aromatic rings. The summed E-state index contributed by atoms with van der Waals surface area (Å²) in [6, 6.07) is 7.42. The molecule has 0 saturated carbocycles. The fourth-order valence-electron chi connectivity index (χ4n) is 2.28. The molecule has 0 unspecified atom stereocenters. The van der Waals surface area contributed by atoms with Gasteiger partial charge >= 0.3 is 0 Å². The number of ether oxygens (including phenoxy) is 1. The minimum atomic E-state index is -0.576. The molecule has 0 aliphatic heterocycles. The molecular formula is C15H20N2O3. The number of hydrogen-bond donors (Lipinski definition) is 3. The van der Waals surface area contributed by atoms with Gasteiger partial charge in [0.15, 0.2) is 0 Å². The first-order valence-electron chi connectivity index (χ1n) is 6.57. The fraction of sp³-hybridized carbons (Fsp3) is 0.400. The third kappa shape index (κ3) is 3.18. The van der Waals surface area contributed by atoms with E-state index in [0.29, 0.717) is 18.6 Å². The van der Waals surface area contributed by atoms with Crippen molar-refractivity contribution in [2.45, 2.75) is 18.9 Å². The number of H-pyrrole nitrogens is 1. The van der Waals surface area contributed by atoms with E-state index in [4.69, 9.17) is 9.84 Å². The number of aromatic amines is 1. The molecule has 0 radical (unpaired) electrons. The lowest BCUT2D eigenvalue weighted by atomic mass is 9.98. The average molecular weight is 276 g/mol. The zero-order chi connectivity index (χ0) is 14.6. The van der Waals surface area contributed by atoms with Crippen LogP contribution in [0, 0.1) is 0 Å². The molecule has 1 aromatic carbocycles. The van der Waals surface area contributed by atoms with E-state index >= 15 is 0 Å². The highest BCUT2D eigenvalue weighted by molar-refractivity contribution is 5.98. The summed E-state index contributed by atoms with van der Waals surface area (Å²) in [6.07, 6.45) is 2.28. The van der Waals surface area contributed by atoms with Crippen LogP contribution in [0.15, 0.2) is 30.5 Å². The van der Waals surface area contributed by atoms with Crippen molar-refractivity contribution in [1.29, 1.82) is 0 Å². The minimum Gasteiger partial charge on any atom is -0.396 e. The van der Waals surface area contributed by atoms with Crippen molar-refractivity contribution >= 4 is 16.8 Å². The number of nitrogens with one attached hydrogen (secondary N) is 2. The van der Waals surface area contributed by atoms with Gasteiger partial charge < -0.3 is 20.1 Å². The second kappa shape index (κ2) is 6.07. The van der Waals surface area contributed by atoms with Gasteiger partial charge in [0.05, 0.1) is 12.1 Å². The first-order valence-corrected chi connectivity index (χ1v) is 6.57. The molecule has 0 fully saturated rings. The summed E-state index contributed by atoms with van der Waals surface area (Å²) in [6.45, 7) is 2.21. The van der Waals surface area contributed by atoms with E-state index in [1.165, 1.54) is 0 Å². The summed E-state index contributed by atoms with van der Waals surface area (Å²) in [5, 5.41) is 13.0. The Bertz CT molecular complexity index is 586. The van der Waals surface area contributed by atoms with Crippen LogP contribution in [0.2, 0.25) is 0 Å². The number of aliphatic hydroxyl groups is 1. The Morgan fingerprint density at radius 3 is 2.95 bits per heavy atom. The van der Waals surface area contributed by atoms with Gasteiger partial charge in [0, 0.05) is 36.4 Å². The normalized spacial score (nSPS) is 14.2. The van der Waals surface area contributed by atoms with Crippen LogP contribution in [0.4, 0.5) is 0 Å². The molecule has 2 rings (SSSR count). The number of benzene rings is 1. The van der Waals surface area contributed by atoms with Gasteiger partial charge in [-0.15, -0.1) is 0 Å². The van der Waals surface area contributed by atoms with Gasteiger partial charge in [-0.05, 0) is 37.6 Å². The Hall–Kier alpha value is -1.85. The number of hydrogen-bond acceptors (Lipinski definition) is 3. The Morgan fingerprint density at radius 2 is 2.25 bits per heavy atom. The molecule has 1 atom stereocenters. The van der Waals surface area contributed by atoms with Crippen LogP contribution in [-0.4, -0.2) is 41.9 Å². The molecule has 0 bridgehead atoms. The van der Waals surface area contributed by atoms with E-state index < -0.39 is 5.54 Å². The summed E-state index contributed by atoms with van der Waals surface area (Å²) < 4.78 is 5.12. The van der Waals surface area contributed by atoms with E-state index in [1.54, 1.807) is 13.2 Å². The van der Waals surface area contributed by atoms with Crippen LogP contribution in [0.25, 0.3) is 10.9 Å². The van der Waals surface area contributed by atoms with E-state index in [9.17, 15) is 4.79 Å². The zero-order valence-electron chi connectivity index (χ0n) is 11.8. The standard InChI is InChI=1S/C15H20N2O3/c1-15(6-8-18,10-20-2)17-14(19)12-3-4-13-11(9-12)5-7-16-13/h3-5,7,9,16,18H,6,8,10H2,1-2H3,(H,17,19)/t15-/m0/s1. The van der Waals surface area contributed by atoms with Gasteiger partial charge in [-0.25, -0.2) is 0 Å². The Labute approximate surface area is 117 Å². The Balaban J connectivity index is 2.17. The van der Waals surface area contributed by atoms with Crippen molar-refractivity contribution in [1.82, 2.24) is 10.3 Å². The monoisotopic (exact) mass is 276 g/mol. The molecule has 20 heavy (non-hydrogen) atoms. The molecule has 0 spiro atoms. The maximum Gasteiger partial charge on any atom is 0.251 e. The molecule has 108 valence electrons. The van der Waals surface area contributed by atoms with Gasteiger partial charge in [0.2, 0.25) is 0 Å². The van der Waals surface area contributed by atoms with Crippen molar-refractivity contribution in [3.05, 3.63) is 36.0 Å². The molecule has 1 aromatic heterocycles. The van der Waals surface area contributed by atoms with Crippen LogP contribution in [0.1, 0.15) is 23.7 Å². The first-order chi connectivity index (χ1) is 9.58. The molecule has 0 aliphatic carbocycles. The van der Waals surface area contributed by atoms with Gasteiger partial charge in [0.25, 0.3) is 5.91 Å². The molecule has 5 heteroatoms. The smallest absolute Gasteiger partial charge is 0.251 e. The quantitative estimate of drug-likeness (QED) is 0.751. The van der Waals surface area contributed by atoms with Gasteiger partial charge in [-0.3, -0.25) is 4.79 Å². The predicted molar refractivity (Wildman–Crippen MR) is 77.7 cm³/mol. The minimum absolute atomic E-state index is 0.00299. The van der Waals surface area contributed by atoms with Gasteiger partial charge in [0.1, 0.15) is 0 Å². The highest BCUT2D eigenvalue weighted by Gasteiger charge is 2.26. The number of methoxy groups -OCH3 is 1. The van der Waals surface area contributed by atoms with Gasteiger partial charge in [-0.1, -0.05) is 0 Å². The molecule has 1 amide bonds. The van der Waals surface area contributed by atoms with Crippen LogP contribution >= 0.6 is 0 Å². The van der Waals surface area contributed by atoms with E-state index in [0.717, 1.165) is 10.9 Å². The summed E-state index contributed by atoms with van der Waals surface area (Å²) in [5.74, 6) is -0.166. The summed E-state index contributed by atoms with van der Waals surface area (Å²) in [7, 11) is 1.58. The summed E-state index contributed by atoms with van der Waals surface area (Å²) >= 11 is 0. The summed E-state index contributed by atoms with van der Waals surface area (Å²) in [5.41, 5.74) is 1.02. The molecule has 3 N–H and O–H groups in total. The van der Waals surface area contributed by atoms with Crippen LogP contribution in [0.3, 0.4) is 0 Å². The molecular weight excluding hydrogens is 256 g/mol. The summed E-state index contributed by atoms with van der Waals surface area (Å²) in [4.78, 5) is 15.4. The maximum atomic E-state index is 12.3. The molecule has 0 saturated heterocycles. The molecule has 1 heterocycles. The number of carbonyl (C=O) groups excluding carboxylic acids is 1. The van der Waals surface area contributed by atoms with Crippen molar-refractivity contribution < 1.29 is 14.6 Å². The van der Waals surface area contributed by atoms with Crippen molar-refractivity contribution in [2.75, 3.05) is 20.3 Å². The Kier molecular flexibility index (Phi) is 4.42. The van der Waals surface area contributed by atoms with E-state index in [-0.39, 0.29) is 12.5 Å². The zero-order valence-corrected chi connectivity index (χ0v) is 11.8. The number of aromatic nitrogens is 1. The number of amides is 1. The van der Waals surface area contributed by atoms with E-state index in [1.807, 2.05) is 31.3 Å². The second-order valence-corrected chi connectivity index (χ2v) is 5.20. The third-order valence-corrected chi connectivity index (χ3v) is 3.36. The maximum absolute atomic E-state index is 12.3. The van der Waals surface area contributed by atoms with Crippen LogP contribution < -0.4 is 5.32 Å². The lowest BCUT2D eigenvalue weighted by Crippen LogP contribution is -2.50. The first kappa shape index (κ1) is 14.6. The number of rotatable bonds is 6. The highest BCUT2D eigenvalue weighted by Crippen LogP contribution is 2.16. The van der Waals surface area contributed by atoms with Crippen molar-refractivity contribution in [3.63, 3.8) is 0 Å². The third-order valence-electron chi connectivity index (χ3n) is 3.36. The van der Waals surface area contributed by atoms with Crippen LogP contribution in [0.5, 0.6) is 0 Å². The molecule has 5 nitrogen and oxygen atoms in total. The van der Waals surface area contributed by atoms with Crippen LogP contribution in [-0.2, 0) is 4.74 Å². The largest absolute Gasteiger partial charge is 0.396 e. The SMILES string of the molecule is COC[C@](C)(CCO)NC(=O)c1ccc2[nH]ccc2c1. The lowest BCUT2D eigenvalue weighted by Gasteiger charge is -2.29. The highest BCUT2D eigenvalue weighted by atomic mass is 16.5. The lowest BCUT2D eigenvalue weighted by molar-refractivity contribution is 0.0726. The predicted octanol–water partition coefficient (Wildman–Crippen LogP) is 1.69. The number of aliphatic hydroxyl groups excluding tert-OH is 1. The second-order valence-electron chi connectivity index (χ2n) is 5.20. The number of carbonyl (C=O) groups is 1. The fourth-order valence-corrected chi connectivity index (χ4v) is 2.28. The number of fused-ring (bicyclic) bond motifs is 1. The van der Waals surface area contributed by atoms with Gasteiger partial charge in [-0.2, -0.15) is 0 Å². The average Bonchev–Trinajstić information content (AvgIpc) is 2.85. The van der Waals surface area contributed by atoms with Crippen molar-refractivity contribution in [3.8, 4) is 0 Å². The Morgan fingerprint density at radius 1 is 1.45 bits per heavy atom. The van der Waals surface area contributed by atoms with E-state index in [2.05, 4.69) is 10.3 Å². The topological polar surface area (TPSA) is 74.3 Å². The molecule has 0 aliphatic rings.